The van der Waals surface area contributed by atoms with Crippen LogP contribution in [0.2, 0.25) is 5.02 Å². The van der Waals surface area contributed by atoms with Gasteiger partial charge in [0, 0.05) is 24.8 Å². The van der Waals surface area contributed by atoms with E-state index in [1.807, 2.05) is 12.1 Å². The highest BCUT2D eigenvalue weighted by atomic mass is 35.5. The number of hydrogen-bond donors (Lipinski definition) is 1. The molecule has 1 N–H and O–H groups in total. The monoisotopic (exact) mass is 296 g/mol. The van der Waals surface area contributed by atoms with Crippen LogP contribution >= 0.6 is 11.6 Å². The van der Waals surface area contributed by atoms with E-state index >= 15 is 0 Å². The highest BCUT2D eigenvalue weighted by Gasteiger charge is 2.17. The van der Waals surface area contributed by atoms with E-state index in [9.17, 15) is 0 Å². The Morgan fingerprint density at radius 1 is 1.30 bits per heavy atom. The Labute approximate surface area is 127 Å². The lowest BCUT2D eigenvalue weighted by atomic mass is 10.0. The van der Waals surface area contributed by atoms with Crippen molar-refractivity contribution in [2.75, 3.05) is 31.6 Å². The summed E-state index contributed by atoms with van der Waals surface area (Å²) in [4.78, 5) is 2.49. The van der Waals surface area contributed by atoms with Gasteiger partial charge in [-0.3, -0.25) is 0 Å². The van der Waals surface area contributed by atoms with E-state index in [0.29, 0.717) is 17.7 Å². The summed E-state index contributed by atoms with van der Waals surface area (Å²) >= 11 is 6.26. The van der Waals surface area contributed by atoms with Crippen molar-refractivity contribution in [3.63, 3.8) is 0 Å². The zero-order valence-electron chi connectivity index (χ0n) is 12.5. The number of rotatable bonds is 6. The number of nitrogens with one attached hydrogen (secondary N) is 1. The summed E-state index contributed by atoms with van der Waals surface area (Å²) < 4.78 is 5.59. The fourth-order valence-corrected chi connectivity index (χ4v) is 2.78. The van der Waals surface area contributed by atoms with Crippen molar-refractivity contribution in [2.24, 2.45) is 0 Å². The summed E-state index contributed by atoms with van der Waals surface area (Å²) in [6.45, 7) is 8.54. The van der Waals surface area contributed by atoms with Crippen LogP contribution in [0.25, 0.3) is 0 Å². The van der Waals surface area contributed by atoms with Crippen molar-refractivity contribution in [3.05, 3.63) is 23.2 Å². The van der Waals surface area contributed by atoms with Crippen LogP contribution in [-0.4, -0.2) is 37.2 Å². The predicted molar refractivity (Wildman–Crippen MR) is 86.0 cm³/mol. The van der Waals surface area contributed by atoms with Crippen molar-refractivity contribution >= 4 is 17.3 Å². The SMILES string of the molecule is CCCOc1ccc(NC2CCN(CC)CC2)cc1Cl. The Bertz CT molecular complexity index is 417. The quantitative estimate of drug-likeness (QED) is 0.858. The molecule has 4 heteroatoms. The molecule has 3 nitrogen and oxygen atoms in total. The van der Waals surface area contributed by atoms with Crippen LogP contribution in [0.1, 0.15) is 33.1 Å². The first-order valence-corrected chi connectivity index (χ1v) is 8.02. The molecule has 0 aliphatic carbocycles. The predicted octanol–water partition coefficient (Wildman–Crippen LogP) is 4.03. The standard InChI is InChI=1S/C16H25ClN2O/c1-3-11-20-16-6-5-14(12-15(16)17)18-13-7-9-19(4-2)10-8-13/h5-6,12-13,18H,3-4,7-11H2,1-2H3. The van der Waals surface area contributed by atoms with E-state index < -0.39 is 0 Å². The molecule has 0 unspecified atom stereocenters. The zero-order valence-corrected chi connectivity index (χ0v) is 13.2. The molecule has 0 aromatic heterocycles. The molecule has 1 fully saturated rings. The Morgan fingerprint density at radius 3 is 2.65 bits per heavy atom. The molecule has 0 bridgehead atoms. The van der Waals surface area contributed by atoms with Gasteiger partial charge in [-0.15, -0.1) is 0 Å². The zero-order chi connectivity index (χ0) is 14.4. The minimum Gasteiger partial charge on any atom is -0.492 e. The molecule has 1 heterocycles. The van der Waals surface area contributed by atoms with Crippen LogP contribution < -0.4 is 10.1 Å². The van der Waals surface area contributed by atoms with E-state index in [-0.39, 0.29) is 0 Å². The topological polar surface area (TPSA) is 24.5 Å². The second-order valence-corrected chi connectivity index (χ2v) is 5.75. The lowest BCUT2D eigenvalue weighted by Gasteiger charge is -2.32. The van der Waals surface area contributed by atoms with E-state index in [0.717, 1.165) is 24.4 Å². The third kappa shape index (κ3) is 4.29. The minimum atomic E-state index is 0.552. The third-order valence-corrected chi connectivity index (χ3v) is 4.09. The first-order valence-electron chi connectivity index (χ1n) is 7.64. The van der Waals surface area contributed by atoms with Gasteiger partial charge in [0.25, 0.3) is 0 Å². The molecule has 1 saturated heterocycles. The van der Waals surface area contributed by atoms with E-state index in [4.69, 9.17) is 16.3 Å². The Balaban J connectivity index is 1.89. The summed E-state index contributed by atoms with van der Waals surface area (Å²) in [7, 11) is 0. The van der Waals surface area contributed by atoms with E-state index in [1.165, 1.54) is 25.9 Å². The van der Waals surface area contributed by atoms with E-state index in [1.54, 1.807) is 0 Å². The molecule has 1 aliphatic heterocycles. The number of benzene rings is 1. The molecule has 0 amide bonds. The van der Waals surface area contributed by atoms with Gasteiger partial charge in [0.05, 0.1) is 11.6 Å². The van der Waals surface area contributed by atoms with Gasteiger partial charge in [-0.25, -0.2) is 0 Å². The van der Waals surface area contributed by atoms with Crippen molar-refractivity contribution < 1.29 is 4.74 Å². The normalized spacial score (nSPS) is 17.1. The van der Waals surface area contributed by atoms with Gasteiger partial charge >= 0.3 is 0 Å². The van der Waals surface area contributed by atoms with Crippen LogP contribution in [0.5, 0.6) is 5.75 Å². The highest BCUT2D eigenvalue weighted by molar-refractivity contribution is 6.32. The third-order valence-electron chi connectivity index (χ3n) is 3.80. The van der Waals surface area contributed by atoms with Gasteiger partial charge in [-0.1, -0.05) is 25.4 Å². The second-order valence-electron chi connectivity index (χ2n) is 5.35. The summed E-state index contributed by atoms with van der Waals surface area (Å²) in [6, 6.07) is 6.54. The molecule has 0 spiro atoms. The maximum atomic E-state index is 6.26. The Kier molecular flexibility index (Phi) is 5.99. The molecule has 1 aliphatic rings. The second kappa shape index (κ2) is 7.75. The number of ether oxygens (including phenoxy) is 1. The van der Waals surface area contributed by atoms with Crippen molar-refractivity contribution in [1.82, 2.24) is 4.90 Å². The molecule has 112 valence electrons. The molecule has 0 radical (unpaired) electrons. The lowest BCUT2D eigenvalue weighted by molar-refractivity contribution is 0.229. The smallest absolute Gasteiger partial charge is 0.138 e. The minimum absolute atomic E-state index is 0.552. The molecular formula is C16H25ClN2O. The average Bonchev–Trinajstić information content (AvgIpc) is 2.47. The Morgan fingerprint density at radius 2 is 2.05 bits per heavy atom. The summed E-state index contributed by atoms with van der Waals surface area (Å²) in [6.07, 6.45) is 3.38. The van der Waals surface area contributed by atoms with Gasteiger partial charge < -0.3 is 15.0 Å². The van der Waals surface area contributed by atoms with Gasteiger partial charge in [0.2, 0.25) is 0 Å². The fraction of sp³-hybridized carbons (Fsp3) is 0.625. The summed E-state index contributed by atoms with van der Waals surface area (Å²) in [5.41, 5.74) is 1.09. The van der Waals surface area contributed by atoms with Crippen molar-refractivity contribution in [2.45, 2.75) is 39.2 Å². The van der Waals surface area contributed by atoms with Crippen molar-refractivity contribution in [1.29, 1.82) is 0 Å². The maximum absolute atomic E-state index is 6.26. The van der Waals surface area contributed by atoms with Crippen LogP contribution in [-0.2, 0) is 0 Å². The van der Waals surface area contributed by atoms with Gasteiger partial charge in [0.1, 0.15) is 5.75 Å². The number of likely N-dealkylation sites (tertiary alicyclic amines) is 1. The fourth-order valence-electron chi connectivity index (χ4n) is 2.55. The van der Waals surface area contributed by atoms with Gasteiger partial charge in [0.15, 0.2) is 0 Å². The lowest BCUT2D eigenvalue weighted by Crippen LogP contribution is -2.38. The van der Waals surface area contributed by atoms with Crippen LogP contribution in [0.15, 0.2) is 18.2 Å². The molecule has 1 aromatic carbocycles. The van der Waals surface area contributed by atoms with Crippen LogP contribution in [0.4, 0.5) is 5.69 Å². The average molecular weight is 297 g/mol. The van der Waals surface area contributed by atoms with E-state index in [2.05, 4.69) is 30.1 Å². The highest BCUT2D eigenvalue weighted by Crippen LogP contribution is 2.28. The Hall–Kier alpha value is -0.930. The number of piperidine rings is 1. The number of anilines is 1. The first kappa shape index (κ1) is 15.5. The van der Waals surface area contributed by atoms with Gasteiger partial charge in [-0.2, -0.15) is 0 Å². The number of halogens is 1. The summed E-state index contributed by atoms with van der Waals surface area (Å²) in [5.74, 6) is 0.778. The molecule has 20 heavy (non-hydrogen) atoms. The maximum Gasteiger partial charge on any atom is 0.138 e. The van der Waals surface area contributed by atoms with Crippen LogP contribution in [0, 0.1) is 0 Å². The molecule has 2 rings (SSSR count). The number of hydrogen-bond acceptors (Lipinski definition) is 3. The number of nitrogens with zero attached hydrogens (tertiary/aromatic N) is 1. The molecule has 0 saturated carbocycles. The van der Waals surface area contributed by atoms with Gasteiger partial charge in [-0.05, 0) is 44.0 Å². The molecular weight excluding hydrogens is 272 g/mol. The van der Waals surface area contributed by atoms with Crippen molar-refractivity contribution in [3.8, 4) is 5.75 Å². The first-order chi connectivity index (χ1) is 9.72. The summed E-state index contributed by atoms with van der Waals surface area (Å²) in [5, 5.41) is 4.27. The van der Waals surface area contributed by atoms with Crippen LogP contribution in [0.3, 0.4) is 0 Å². The largest absolute Gasteiger partial charge is 0.492 e. The molecule has 0 atom stereocenters. The molecule has 1 aromatic rings.